The van der Waals surface area contributed by atoms with Gasteiger partial charge in [0.15, 0.2) is 0 Å². The number of rotatable bonds is 2. The van der Waals surface area contributed by atoms with Gasteiger partial charge >= 0.3 is 0 Å². The molecule has 0 amide bonds. The van der Waals surface area contributed by atoms with Gasteiger partial charge in [0.2, 0.25) is 5.95 Å². The molecule has 0 aliphatic carbocycles. The number of nitrogens with zero attached hydrogens (tertiary/aromatic N) is 1. The lowest BCUT2D eigenvalue weighted by molar-refractivity contribution is 0.582. The summed E-state index contributed by atoms with van der Waals surface area (Å²) in [7, 11) is 0. The molecule has 0 spiro atoms. The molecule has 1 aromatic carbocycles. The van der Waals surface area contributed by atoms with E-state index in [-0.39, 0.29) is 0 Å². The quantitative estimate of drug-likeness (QED) is 0.601. The number of hydrogen-bond acceptors (Lipinski definition) is 1. The van der Waals surface area contributed by atoms with Crippen LogP contribution in [0.3, 0.4) is 0 Å². The van der Waals surface area contributed by atoms with Gasteiger partial charge in [-0.2, -0.15) is 4.39 Å². The zero-order valence-electron chi connectivity index (χ0n) is 8.25. The molecule has 1 nitrogen and oxygen atoms in total. The van der Waals surface area contributed by atoms with Crippen LogP contribution in [0, 0.1) is 11.8 Å². The summed E-state index contributed by atoms with van der Waals surface area (Å²) in [6, 6.07) is 9.17. The fourth-order valence-corrected chi connectivity index (χ4v) is 1.76. The van der Waals surface area contributed by atoms with Gasteiger partial charge in [-0.25, -0.2) is 9.37 Å². The van der Waals surface area contributed by atoms with E-state index in [1.807, 2.05) is 0 Å². The van der Waals surface area contributed by atoms with Crippen LogP contribution >= 0.6 is 15.9 Å². The number of hydrogen-bond donors (Lipinski definition) is 0. The van der Waals surface area contributed by atoms with Crippen molar-refractivity contribution in [2.75, 3.05) is 0 Å². The highest BCUT2D eigenvalue weighted by molar-refractivity contribution is 9.08. The molecule has 0 aliphatic heterocycles. The van der Waals surface area contributed by atoms with E-state index in [0.717, 1.165) is 5.56 Å². The maximum atomic E-state index is 13.5. The zero-order chi connectivity index (χ0) is 11.5. The summed E-state index contributed by atoms with van der Waals surface area (Å²) in [6.45, 7) is 0. The molecule has 4 heteroatoms. The van der Waals surface area contributed by atoms with Gasteiger partial charge in [-0.3, -0.25) is 0 Å². The van der Waals surface area contributed by atoms with Crippen LogP contribution in [0.4, 0.5) is 8.78 Å². The Morgan fingerprint density at radius 1 is 1.12 bits per heavy atom. The standard InChI is InChI=1S/C12H8BrF2N/c13-7-8-5-11(16-12(15)6-8)9-3-1-2-4-10(9)14/h1-6H,7H2. The van der Waals surface area contributed by atoms with Gasteiger partial charge in [0.25, 0.3) is 0 Å². The van der Waals surface area contributed by atoms with Crippen LogP contribution in [-0.4, -0.2) is 4.98 Å². The van der Waals surface area contributed by atoms with Crippen molar-refractivity contribution in [1.29, 1.82) is 0 Å². The van der Waals surface area contributed by atoms with Gasteiger partial charge < -0.3 is 0 Å². The molecule has 0 radical (unpaired) electrons. The third kappa shape index (κ3) is 2.27. The average Bonchev–Trinajstić information content (AvgIpc) is 2.28. The Labute approximate surface area is 100 Å². The van der Waals surface area contributed by atoms with Crippen LogP contribution in [0.5, 0.6) is 0 Å². The summed E-state index contributed by atoms with van der Waals surface area (Å²) >= 11 is 3.23. The molecule has 82 valence electrons. The third-order valence-electron chi connectivity index (χ3n) is 2.16. The van der Waals surface area contributed by atoms with Gasteiger partial charge in [0.1, 0.15) is 5.82 Å². The van der Waals surface area contributed by atoms with Crippen LogP contribution in [0.25, 0.3) is 11.3 Å². The third-order valence-corrected chi connectivity index (χ3v) is 2.81. The van der Waals surface area contributed by atoms with E-state index < -0.39 is 11.8 Å². The molecule has 0 atom stereocenters. The van der Waals surface area contributed by atoms with Gasteiger partial charge in [-0.05, 0) is 29.8 Å². The van der Waals surface area contributed by atoms with E-state index in [9.17, 15) is 8.78 Å². The van der Waals surface area contributed by atoms with Crippen LogP contribution in [0.15, 0.2) is 36.4 Å². The molecular formula is C12H8BrF2N. The largest absolute Gasteiger partial charge is 0.220 e. The molecule has 1 heterocycles. The maximum absolute atomic E-state index is 13.5. The van der Waals surface area contributed by atoms with Crippen molar-refractivity contribution in [3.05, 3.63) is 53.7 Å². The first-order valence-corrected chi connectivity index (χ1v) is 5.80. The predicted octanol–water partition coefficient (Wildman–Crippen LogP) is 3.92. The van der Waals surface area contributed by atoms with Crippen molar-refractivity contribution in [2.45, 2.75) is 5.33 Å². The normalized spacial score (nSPS) is 10.4. The number of benzene rings is 1. The van der Waals surface area contributed by atoms with E-state index in [2.05, 4.69) is 20.9 Å². The number of halogens is 3. The monoisotopic (exact) mass is 283 g/mol. The van der Waals surface area contributed by atoms with E-state index in [1.165, 1.54) is 12.1 Å². The smallest absolute Gasteiger partial charge is 0.213 e. The zero-order valence-corrected chi connectivity index (χ0v) is 9.84. The minimum absolute atomic E-state index is 0.309. The summed E-state index contributed by atoms with van der Waals surface area (Å²) in [5.74, 6) is -1.00. The van der Waals surface area contributed by atoms with Crippen molar-refractivity contribution in [3.8, 4) is 11.3 Å². The Bertz CT molecular complexity index is 514. The highest BCUT2D eigenvalue weighted by Gasteiger charge is 2.08. The second-order valence-corrected chi connectivity index (χ2v) is 3.86. The topological polar surface area (TPSA) is 12.9 Å². The highest BCUT2D eigenvalue weighted by Crippen LogP contribution is 2.22. The fourth-order valence-electron chi connectivity index (χ4n) is 1.43. The molecule has 1 aromatic heterocycles. The van der Waals surface area contributed by atoms with E-state index in [0.29, 0.717) is 16.6 Å². The summed E-state index contributed by atoms with van der Waals surface area (Å²) in [4.78, 5) is 3.69. The Morgan fingerprint density at radius 2 is 1.88 bits per heavy atom. The van der Waals surface area contributed by atoms with Gasteiger partial charge in [0, 0.05) is 10.9 Å². The first-order valence-electron chi connectivity index (χ1n) is 4.68. The second-order valence-electron chi connectivity index (χ2n) is 3.30. The SMILES string of the molecule is Fc1cc(CBr)cc(-c2ccccc2F)n1. The second kappa shape index (κ2) is 4.70. The molecule has 0 saturated carbocycles. The number of alkyl halides is 1. The molecular weight excluding hydrogens is 276 g/mol. The highest BCUT2D eigenvalue weighted by atomic mass is 79.9. The van der Waals surface area contributed by atoms with Crippen molar-refractivity contribution < 1.29 is 8.78 Å². The van der Waals surface area contributed by atoms with E-state index in [1.54, 1.807) is 24.3 Å². The Hall–Kier alpha value is -1.29. The first-order chi connectivity index (χ1) is 7.70. The van der Waals surface area contributed by atoms with Gasteiger partial charge in [-0.15, -0.1) is 0 Å². The lowest BCUT2D eigenvalue weighted by atomic mass is 10.1. The molecule has 2 rings (SSSR count). The van der Waals surface area contributed by atoms with Gasteiger partial charge in [-0.1, -0.05) is 28.1 Å². The van der Waals surface area contributed by atoms with Crippen LogP contribution in [0.2, 0.25) is 0 Å². The van der Waals surface area contributed by atoms with E-state index >= 15 is 0 Å². The molecule has 0 bridgehead atoms. The average molecular weight is 284 g/mol. The van der Waals surface area contributed by atoms with Crippen LogP contribution in [-0.2, 0) is 5.33 Å². The molecule has 2 aromatic rings. The lowest BCUT2D eigenvalue weighted by Gasteiger charge is -2.04. The summed E-state index contributed by atoms with van der Waals surface area (Å²) < 4.78 is 26.6. The number of aromatic nitrogens is 1. The summed E-state index contributed by atoms with van der Waals surface area (Å²) in [5, 5.41) is 0.508. The van der Waals surface area contributed by atoms with Crippen molar-refractivity contribution in [1.82, 2.24) is 4.98 Å². The predicted molar refractivity (Wildman–Crippen MR) is 62.2 cm³/mol. The van der Waals surface area contributed by atoms with E-state index in [4.69, 9.17) is 0 Å². The van der Waals surface area contributed by atoms with Crippen molar-refractivity contribution in [3.63, 3.8) is 0 Å². The van der Waals surface area contributed by atoms with Crippen LogP contribution in [0.1, 0.15) is 5.56 Å². The van der Waals surface area contributed by atoms with Crippen LogP contribution < -0.4 is 0 Å². The molecule has 0 aliphatic rings. The van der Waals surface area contributed by atoms with Crippen molar-refractivity contribution >= 4 is 15.9 Å². The van der Waals surface area contributed by atoms with Crippen molar-refractivity contribution in [2.24, 2.45) is 0 Å². The molecule has 0 saturated heterocycles. The minimum Gasteiger partial charge on any atom is -0.220 e. The molecule has 0 unspecified atom stereocenters. The molecule has 0 fully saturated rings. The first kappa shape index (κ1) is 11.2. The Balaban J connectivity index is 2.56. The maximum Gasteiger partial charge on any atom is 0.213 e. The Morgan fingerprint density at radius 3 is 2.56 bits per heavy atom. The molecule has 16 heavy (non-hydrogen) atoms. The van der Waals surface area contributed by atoms with Gasteiger partial charge in [0.05, 0.1) is 5.69 Å². The lowest BCUT2D eigenvalue weighted by Crippen LogP contribution is -1.93. The molecule has 0 N–H and O–H groups in total. The fraction of sp³-hybridized carbons (Fsp3) is 0.0833. The number of pyridine rings is 1. The Kier molecular flexibility index (Phi) is 3.29. The summed E-state index contributed by atoms with van der Waals surface area (Å²) in [6.07, 6.45) is 0. The minimum atomic E-state index is -0.602. The summed E-state index contributed by atoms with van der Waals surface area (Å²) in [5.41, 5.74) is 1.35.